The Morgan fingerprint density at radius 2 is 0.957 bits per heavy atom. The first-order valence-corrected chi connectivity index (χ1v) is 19.4. The molecule has 0 aliphatic rings. The molecule has 278 valence electrons. The number of carbonyl (C=O) groups excluding carboxylic acids is 3. The van der Waals surface area contributed by atoms with E-state index in [1.807, 2.05) is 0 Å². The molecule has 0 aromatic heterocycles. The number of hydrogen-bond donors (Lipinski definition) is 1. The lowest BCUT2D eigenvalue weighted by molar-refractivity contribution is -0.161. The summed E-state index contributed by atoms with van der Waals surface area (Å²) in [5, 5.41) is 2.67. The number of esters is 2. The van der Waals surface area contributed by atoms with Gasteiger partial charge in [0.1, 0.15) is 13.2 Å². The maximum Gasteiger partial charge on any atom is 0.407 e. The zero-order valence-corrected chi connectivity index (χ0v) is 30.8. The lowest BCUT2D eigenvalue weighted by Gasteiger charge is -2.18. The molecule has 1 N–H and O–H groups in total. The molecule has 0 aromatic carbocycles. The van der Waals surface area contributed by atoms with E-state index in [2.05, 4.69) is 19.2 Å². The van der Waals surface area contributed by atoms with Crippen molar-refractivity contribution in [3.8, 4) is 0 Å². The molecular weight excluding hydrogens is 598 g/mol. The molecular formula is C38H73NO8. The Morgan fingerprint density at radius 1 is 0.511 bits per heavy atom. The van der Waals surface area contributed by atoms with Crippen LogP contribution >= 0.6 is 0 Å². The Kier molecular flexibility index (Phi) is 35.5. The van der Waals surface area contributed by atoms with E-state index in [0.29, 0.717) is 45.6 Å². The normalized spacial score (nSPS) is 11.7. The highest BCUT2D eigenvalue weighted by atomic mass is 16.6. The molecule has 0 aliphatic carbocycles. The van der Waals surface area contributed by atoms with E-state index in [-0.39, 0.29) is 25.2 Å². The predicted octanol–water partition coefficient (Wildman–Crippen LogP) is 9.62. The van der Waals surface area contributed by atoms with Crippen molar-refractivity contribution in [2.24, 2.45) is 0 Å². The molecule has 0 aliphatic heterocycles. The van der Waals surface area contributed by atoms with Gasteiger partial charge in [0.15, 0.2) is 6.10 Å². The summed E-state index contributed by atoms with van der Waals surface area (Å²) in [7, 11) is 1.62. The van der Waals surface area contributed by atoms with Gasteiger partial charge in [-0.2, -0.15) is 0 Å². The summed E-state index contributed by atoms with van der Waals surface area (Å²) in [5.41, 5.74) is 0. The third-order valence-corrected chi connectivity index (χ3v) is 8.26. The number of unbranched alkanes of at least 4 members (excludes halogenated alkanes) is 20. The lowest BCUT2D eigenvalue weighted by Crippen LogP contribution is -2.34. The van der Waals surface area contributed by atoms with Crippen LogP contribution in [-0.2, 0) is 33.3 Å². The highest BCUT2D eigenvalue weighted by Gasteiger charge is 2.19. The predicted molar refractivity (Wildman–Crippen MR) is 190 cm³/mol. The number of nitrogens with one attached hydrogen (secondary N) is 1. The summed E-state index contributed by atoms with van der Waals surface area (Å²) in [6.07, 6.45) is 26.4. The van der Waals surface area contributed by atoms with Crippen LogP contribution in [0.5, 0.6) is 0 Å². The van der Waals surface area contributed by atoms with Gasteiger partial charge in [-0.15, -0.1) is 0 Å². The zero-order valence-electron chi connectivity index (χ0n) is 30.8. The van der Waals surface area contributed by atoms with E-state index >= 15 is 0 Å². The molecule has 0 bridgehead atoms. The van der Waals surface area contributed by atoms with Crippen LogP contribution in [0.25, 0.3) is 0 Å². The molecule has 1 amide bonds. The van der Waals surface area contributed by atoms with Crippen LogP contribution in [-0.4, -0.2) is 70.8 Å². The molecule has 9 heteroatoms. The zero-order chi connectivity index (χ0) is 34.5. The minimum Gasteiger partial charge on any atom is -0.462 e. The fourth-order valence-corrected chi connectivity index (χ4v) is 5.31. The summed E-state index contributed by atoms with van der Waals surface area (Å²) in [6.45, 7) is 6.11. The van der Waals surface area contributed by atoms with Crippen LogP contribution in [0, 0.1) is 0 Å². The number of hydrogen-bond acceptors (Lipinski definition) is 8. The van der Waals surface area contributed by atoms with E-state index in [9.17, 15) is 14.4 Å². The standard InChI is InChI=1S/C38H73NO8/c1-4-6-8-10-12-14-16-18-20-22-24-27-36(40)45-33-35(34-46-38(42)39-29-26-30-44-32-31-43-3)47-37(41)28-25-23-21-19-17-15-13-11-9-7-5-2/h35H,4-34H2,1-3H3,(H,39,42)/t35-/m1/s1. The van der Waals surface area contributed by atoms with Crippen LogP contribution in [0.15, 0.2) is 0 Å². The Balaban J connectivity index is 4.31. The molecule has 0 aromatic rings. The summed E-state index contributed by atoms with van der Waals surface area (Å²) < 4.78 is 26.6. The first kappa shape index (κ1) is 45.1. The quantitative estimate of drug-likeness (QED) is 0.0398. The van der Waals surface area contributed by atoms with E-state index in [1.54, 1.807) is 7.11 Å². The molecule has 47 heavy (non-hydrogen) atoms. The molecule has 0 unspecified atom stereocenters. The molecule has 9 nitrogen and oxygen atoms in total. The second-order valence-corrected chi connectivity index (χ2v) is 12.8. The van der Waals surface area contributed by atoms with Gasteiger partial charge in [0.25, 0.3) is 0 Å². The van der Waals surface area contributed by atoms with Gasteiger partial charge in [-0.05, 0) is 19.3 Å². The summed E-state index contributed by atoms with van der Waals surface area (Å²) in [6, 6.07) is 0. The van der Waals surface area contributed by atoms with Gasteiger partial charge in [-0.25, -0.2) is 4.79 Å². The Labute approximate surface area is 288 Å². The average Bonchev–Trinajstić information content (AvgIpc) is 3.06. The molecule has 0 spiro atoms. The summed E-state index contributed by atoms with van der Waals surface area (Å²) in [4.78, 5) is 37.1. The highest BCUT2D eigenvalue weighted by molar-refractivity contribution is 5.70. The van der Waals surface area contributed by atoms with E-state index in [1.165, 1.54) is 103 Å². The summed E-state index contributed by atoms with van der Waals surface area (Å²) in [5.74, 6) is -0.671. The number of methoxy groups -OCH3 is 1. The minimum absolute atomic E-state index is 0.124. The van der Waals surface area contributed by atoms with Gasteiger partial charge in [-0.3, -0.25) is 9.59 Å². The molecule has 0 saturated heterocycles. The van der Waals surface area contributed by atoms with Crippen molar-refractivity contribution in [3.05, 3.63) is 0 Å². The molecule has 0 radical (unpaired) electrons. The van der Waals surface area contributed by atoms with Crippen molar-refractivity contribution in [1.29, 1.82) is 0 Å². The first-order chi connectivity index (χ1) is 23.0. The van der Waals surface area contributed by atoms with E-state index in [4.69, 9.17) is 23.7 Å². The van der Waals surface area contributed by atoms with E-state index < -0.39 is 12.2 Å². The second kappa shape index (κ2) is 37.0. The van der Waals surface area contributed by atoms with Crippen LogP contribution in [0.1, 0.15) is 174 Å². The fraction of sp³-hybridized carbons (Fsp3) is 0.921. The Morgan fingerprint density at radius 3 is 1.45 bits per heavy atom. The van der Waals surface area contributed by atoms with Crippen molar-refractivity contribution >= 4 is 18.0 Å². The SMILES string of the molecule is CCCCCCCCCCCCCC(=O)OC[C@H](COC(=O)NCCCOCCOC)OC(=O)CCCCCCCCCCCCC. The van der Waals surface area contributed by atoms with E-state index in [0.717, 1.165) is 38.5 Å². The van der Waals surface area contributed by atoms with Gasteiger partial charge < -0.3 is 29.0 Å². The van der Waals surface area contributed by atoms with Crippen molar-refractivity contribution in [2.75, 3.05) is 46.7 Å². The van der Waals surface area contributed by atoms with Crippen molar-refractivity contribution in [1.82, 2.24) is 5.32 Å². The largest absolute Gasteiger partial charge is 0.462 e. The Bertz CT molecular complexity index is 705. The molecule has 0 heterocycles. The smallest absolute Gasteiger partial charge is 0.407 e. The fourth-order valence-electron chi connectivity index (χ4n) is 5.31. The molecule has 1 atom stereocenters. The van der Waals surface area contributed by atoms with Gasteiger partial charge in [0.05, 0.1) is 13.2 Å². The van der Waals surface area contributed by atoms with Crippen molar-refractivity contribution in [3.63, 3.8) is 0 Å². The monoisotopic (exact) mass is 672 g/mol. The number of alkyl carbamates (subject to hydrolysis) is 1. The van der Waals surface area contributed by atoms with Crippen LogP contribution in [0.3, 0.4) is 0 Å². The summed E-state index contributed by atoms with van der Waals surface area (Å²) >= 11 is 0. The van der Waals surface area contributed by atoms with Crippen molar-refractivity contribution in [2.45, 2.75) is 180 Å². The number of rotatable bonds is 36. The third kappa shape index (κ3) is 35.3. The van der Waals surface area contributed by atoms with Gasteiger partial charge >= 0.3 is 18.0 Å². The van der Waals surface area contributed by atoms with Gasteiger partial charge in [-0.1, -0.05) is 142 Å². The van der Waals surface area contributed by atoms with Crippen LogP contribution < -0.4 is 5.32 Å². The molecule has 0 saturated carbocycles. The first-order valence-electron chi connectivity index (χ1n) is 19.4. The topological polar surface area (TPSA) is 109 Å². The number of ether oxygens (including phenoxy) is 5. The van der Waals surface area contributed by atoms with Crippen LogP contribution in [0.2, 0.25) is 0 Å². The molecule has 0 fully saturated rings. The maximum absolute atomic E-state index is 12.6. The lowest BCUT2D eigenvalue weighted by atomic mass is 10.1. The van der Waals surface area contributed by atoms with Crippen LogP contribution in [0.4, 0.5) is 4.79 Å². The minimum atomic E-state index is -0.834. The van der Waals surface area contributed by atoms with Gasteiger partial charge in [0, 0.05) is 33.1 Å². The number of amides is 1. The highest BCUT2D eigenvalue weighted by Crippen LogP contribution is 2.14. The number of carbonyl (C=O) groups is 3. The average molecular weight is 672 g/mol. The Hall–Kier alpha value is -1.87. The third-order valence-electron chi connectivity index (χ3n) is 8.26. The second-order valence-electron chi connectivity index (χ2n) is 12.8. The molecule has 0 rings (SSSR count). The van der Waals surface area contributed by atoms with Crippen molar-refractivity contribution < 1.29 is 38.1 Å². The maximum atomic E-state index is 12.6. The van der Waals surface area contributed by atoms with Gasteiger partial charge in [0.2, 0.25) is 0 Å².